The standard InChI is InChI=1S/C14H11ClN4O2S/c1-6-10(15)4-3-8-11(6)16-5-9(12(8)20)13(21)17-14-19-18-7(2)22-14/h3-5H,1-2H3,(H,16,20)(H,17,19,21). The maximum atomic E-state index is 12.5. The summed E-state index contributed by atoms with van der Waals surface area (Å²) >= 11 is 7.28. The molecule has 0 saturated carbocycles. The number of halogens is 1. The fourth-order valence-corrected chi connectivity index (χ4v) is 2.84. The minimum absolute atomic E-state index is 0.0158. The van der Waals surface area contributed by atoms with Crippen molar-refractivity contribution in [3.05, 3.63) is 49.7 Å². The lowest BCUT2D eigenvalue weighted by molar-refractivity contribution is 0.102. The second kappa shape index (κ2) is 5.51. The van der Waals surface area contributed by atoms with Crippen LogP contribution < -0.4 is 10.7 Å². The van der Waals surface area contributed by atoms with E-state index in [1.165, 1.54) is 17.5 Å². The van der Waals surface area contributed by atoms with Crippen molar-refractivity contribution in [1.29, 1.82) is 0 Å². The van der Waals surface area contributed by atoms with Gasteiger partial charge in [-0.2, -0.15) is 0 Å². The van der Waals surface area contributed by atoms with Gasteiger partial charge in [-0.25, -0.2) is 0 Å². The summed E-state index contributed by atoms with van der Waals surface area (Å²) in [6, 6.07) is 3.25. The van der Waals surface area contributed by atoms with Crippen LogP contribution in [-0.4, -0.2) is 21.1 Å². The number of aromatic amines is 1. The third-order valence-corrected chi connectivity index (χ3v) is 4.40. The third kappa shape index (κ3) is 2.49. The first-order valence-corrected chi connectivity index (χ1v) is 7.59. The Hall–Kier alpha value is -2.25. The summed E-state index contributed by atoms with van der Waals surface area (Å²) in [6.45, 7) is 3.59. The van der Waals surface area contributed by atoms with E-state index in [4.69, 9.17) is 11.6 Å². The number of rotatable bonds is 2. The van der Waals surface area contributed by atoms with Crippen LogP contribution in [0.4, 0.5) is 5.13 Å². The van der Waals surface area contributed by atoms with Crippen LogP contribution in [0, 0.1) is 13.8 Å². The fourth-order valence-electron chi connectivity index (χ4n) is 2.10. The molecule has 0 bridgehead atoms. The molecule has 0 spiro atoms. The zero-order valence-corrected chi connectivity index (χ0v) is 13.3. The summed E-state index contributed by atoms with van der Waals surface area (Å²) in [5, 5.41) is 12.3. The topological polar surface area (TPSA) is 87.7 Å². The molecule has 3 rings (SSSR count). The first-order chi connectivity index (χ1) is 10.5. The van der Waals surface area contributed by atoms with Gasteiger partial charge in [-0.05, 0) is 31.5 Å². The number of nitrogens with zero attached hydrogens (tertiary/aromatic N) is 2. The van der Waals surface area contributed by atoms with Gasteiger partial charge < -0.3 is 4.98 Å². The number of amides is 1. The van der Waals surface area contributed by atoms with Gasteiger partial charge in [-0.3, -0.25) is 14.9 Å². The highest BCUT2D eigenvalue weighted by molar-refractivity contribution is 7.15. The van der Waals surface area contributed by atoms with E-state index >= 15 is 0 Å². The zero-order chi connectivity index (χ0) is 15.9. The smallest absolute Gasteiger partial charge is 0.262 e. The maximum Gasteiger partial charge on any atom is 0.262 e. The van der Waals surface area contributed by atoms with Crippen molar-refractivity contribution in [3.63, 3.8) is 0 Å². The molecule has 2 N–H and O–H groups in total. The second-order valence-electron chi connectivity index (χ2n) is 4.71. The van der Waals surface area contributed by atoms with Crippen LogP contribution in [0.25, 0.3) is 10.9 Å². The van der Waals surface area contributed by atoms with Crippen LogP contribution in [0.2, 0.25) is 5.02 Å². The second-order valence-corrected chi connectivity index (χ2v) is 6.30. The molecule has 0 saturated heterocycles. The molecule has 6 nitrogen and oxygen atoms in total. The molecule has 0 aliphatic carbocycles. The van der Waals surface area contributed by atoms with Crippen LogP contribution >= 0.6 is 22.9 Å². The van der Waals surface area contributed by atoms with Crippen molar-refractivity contribution in [1.82, 2.24) is 15.2 Å². The van der Waals surface area contributed by atoms with Crippen LogP contribution in [-0.2, 0) is 0 Å². The van der Waals surface area contributed by atoms with Gasteiger partial charge >= 0.3 is 0 Å². The van der Waals surface area contributed by atoms with E-state index in [2.05, 4.69) is 20.5 Å². The average molecular weight is 335 g/mol. The molecule has 0 fully saturated rings. The van der Waals surface area contributed by atoms with Crippen molar-refractivity contribution >= 4 is 44.9 Å². The number of pyridine rings is 1. The molecule has 0 aliphatic heterocycles. The maximum absolute atomic E-state index is 12.5. The Labute approximate surface area is 134 Å². The van der Waals surface area contributed by atoms with Gasteiger partial charge in [-0.15, -0.1) is 10.2 Å². The van der Waals surface area contributed by atoms with E-state index in [-0.39, 0.29) is 11.0 Å². The zero-order valence-electron chi connectivity index (χ0n) is 11.7. The number of aromatic nitrogens is 3. The number of carbonyl (C=O) groups excluding carboxylic acids is 1. The van der Waals surface area contributed by atoms with Gasteiger partial charge in [-0.1, -0.05) is 22.9 Å². The number of benzene rings is 1. The minimum atomic E-state index is -0.521. The molecule has 0 aliphatic rings. The van der Waals surface area contributed by atoms with Gasteiger partial charge in [0.25, 0.3) is 5.91 Å². The number of anilines is 1. The Morgan fingerprint density at radius 2 is 2.09 bits per heavy atom. The summed E-state index contributed by atoms with van der Waals surface area (Å²) < 4.78 is 0. The SMILES string of the molecule is Cc1nnc(NC(=O)c2c[nH]c3c(C)c(Cl)ccc3c2=O)s1. The lowest BCUT2D eigenvalue weighted by Gasteiger charge is -2.06. The third-order valence-electron chi connectivity index (χ3n) is 3.24. The molecule has 2 heterocycles. The number of fused-ring (bicyclic) bond motifs is 1. The number of nitrogens with one attached hydrogen (secondary N) is 2. The first kappa shape index (κ1) is 14.7. The summed E-state index contributed by atoms with van der Waals surface area (Å²) in [5.41, 5.74) is 1.05. The molecule has 8 heteroatoms. The Kier molecular flexibility index (Phi) is 3.67. The van der Waals surface area contributed by atoms with Gasteiger partial charge in [0.15, 0.2) is 0 Å². The van der Waals surface area contributed by atoms with Gasteiger partial charge in [0.2, 0.25) is 10.6 Å². The van der Waals surface area contributed by atoms with E-state index in [1.54, 1.807) is 19.1 Å². The van der Waals surface area contributed by atoms with E-state index < -0.39 is 5.91 Å². The Morgan fingerprint density at radius 3 is 2.77 bits per heavy atom. The normalized spacial score (nSPS) is 10.9. The van der Waals surface area contributed by atoms with Crippen molar-refractivity contribution in [2.75, 3.05) is 5.32 Å². The highest BCUT2D eigenvalue weighted by atomic mass is 35.5. The summed E-state index contributed by atoms with van der Waals surface area (Å²) in [6.07, 6.45) is 1.39. The number of hydrogen-bond donors (Lipinski definition) is 2. The molecular formula is C14H11ClN4O2S. The molecule has 3 aromatic rings. The molecule has 1 amide bonds. The molecule has 22 heavy (non-hydrogen) atoms. The minimum Gasteiger partial charge on any atom is -0.360 e. The highest BCUT2D eigenvalue weighted by Crippen LogP contribution is 2.22. The number of carbonyl (C=O) groups is 1. The largest absolute Gasteiger partial charge is 0.360 e. The van der Waals surface area contributed by atoms with E-state index in [0.717, 1.165) is 10.6 Å². The quantitative estimate of drug-likeness (QED) is 0.754. The summed E-state index contributed by atoms with van der Waals surface area (Å²) in [4.78, 5) is 27.7. The van der Waals surface area contributed by atoms with Gasteiger partial charge in [0, 0.05) is 16.6 Å². The van der Waals surface area contributed by atoms with E-state index in [9.17, 15) is 9.59 Å². The van der Waals surface area contributed by atoms with Crippen LogP contribution in [0.15, 0.2) is 23.1 Å². The van der Waals surface area contributed by atoms with Crippen LogP contribution in [0.1, 0.15) is 20.9 Å². The fraction of sp³-hybridized carbons (Fsp3) is 0.143. The molecule has 1 aromatic carbocycles. The summed E-state index contributed by atoms with van der Waals surface area (Å²) in [7, 11) is 0. The Bertz CT molecular complexity index is 948. The predicted octanol–water partition coefficient (Wildman–Crippen LogP) is 2.90. The molecule has 0 radical (unpaired) electrons. The Morgan fingerprint density at radius 1 is 1.32 bits per heavy atom. The summed E-state index contributed by atoms with van der Waals surface area (Å²) in [5.74, 6) is -0.521. The lowest BCUT2D eigenvalue weighted by Crippen LogP contribution is -2.22. The van der Waals surface area contributed by atoms with Crippen molar-refractivity contribution in [2.24, 2.45) is 0 Å². The molecule has 0 atom stereocenters. The van der Waals surface area contributed by atoms with E-state index in [1.807, 2.05) is 6.92 Å². The van der Waals surface area contributed by atoms with Crippen LogP contribution in [0.5, 0.6) is 0 Å². The van der Waals surface area contributed by atoms with Crippen molar-refractivity contribution in [2.45, 2.75) is 13.8 Å². The number of hydrogen-bond acceptors (Lipinski definition) is 5. The number of aryl methyl sites for hydroxylation is 2. The highest BCUT2D eigenvalue weighted by Gasteiger charge is 2.16. The van der Waals surface area contributed by atoms with Gasteiger partial charge in [0.1, 0.15) is 10.6 Å². The lowest BCUT2D eigenvalue weighted by atomic mass is 10.1. The van der Waals surface area contributed by atoms with Crippen molar-refractivity contribution in [3.8, 4) is 0 Å². The van der Waals surface area contributed by atoms with Crippen molar-refractivity contribution < 1.29 is 4.79 Å². The first-order valence-electron chi connectivity index (χ1n) is 6.39. The molecule has 112 valence electrons. The van der Waals surface area contributed by atoms with Gasteiger partial charge in [0.05, 0.1) is 5.52 Å². The average Bonchev–Trinajstić information content (AvgIpc) is 2.88. The predicted molar refractivity (Wildman–Crippen MR) is 86.9 cm³/mol. The number of H-pyrrole nitrogens is 1. The van der Waals surface area contributed by atoms with E-state index in [0.29, 0.717) is 21.1 Å². The molecule has 0 unspecified atom stereocenters. The molecular weight excluding hydrogens is 324 g/mol. The monoisotopic (exact) mass is 334 g/mol. The Balaban J connectivity index is 2.04. The van der Waals surface area contributed by atoms with Crippen LogP contribution in [0.3, 0.4) is 0 Å². The molecule has 2 aromatic heterocycles.